The molecule has 0 aliphatic carbocycles. The minimum Gasteiger partial charge on any atom is -0.497 e. The fraction of sp³-hybridized carbons (Fsp3) is 0.250. The molecule has 0 aliphatic heterocycles. The van der Waals surface area contributed by atoms with Crippen LogP contribution >= 0.6 is 0 Å². The van der Waals surface area contributed by atoms with Gasteiger partial charge in [-0.3, -0.25) is 0 Å². The fourth-order valence-electron chi connectivity index (χ4n) is 1.06. The Morgan fingerprint density at radius 1 is 1.40 bits per heavy atom. The summed E-state index contributed by atoms with van der Waals surface area (Å²) in [6.07, 6.45) is 0.405. The molecule has 0 spiro atoms. The molecule has 0 heterocycles. The second kappa shape index (κ2) is 5.70. The third-order valence-corrected chi connectivity index (χ3v) is 1.81. The number of benzene rings is 1. The Balaban J connectivity index is 3.04. The molecule has 0 saturated carbocycles. The van der Waals surface area contributed by atoms with Crippen LogP contribution in [0.3, 0.4) is 0 Å². The predicted molar refractivity (Wildman–Crippen MR) is 56.3 cm³/mol. The first-order valence-corrected chi connectivity index (χ1v) is 4.49. The standard InChI is InChI=1S/C12H11NO2/c1-15-12-6-5-11(9-13)10(8-12)4-2-3-7-14/h5-6,8,14H,3,7H2,1H3. The van der Waals surface area contributed by atoms with Crippen LogP contribution in [0.15, 0.2) is 18.2 Å². The second-order valence-electron chi connectivity index (χ2n) is 2.80. The SMILES string of the molecule is COc1ccc(C#N)c(C#CCCO)c1. The first kappa shape index (κ1) is 11.1. The highest BCUT2D eigenvalue weighted by Crippen LogP contribution is 2.16. The van der Waals surface area contributed by atoms with Crippen LogP contribution in [0.2, 0.25) is 0 Å². The molecule has 0 radical (unpaired) electrons. The lowest BCUT2D eigenvalue weighted by atomic mass is 10.1. The summed E-state index contributed by atoms with van der Waals surface area (Å²) in [5, 5.41) is 17.4. The number of rotatable bonds is 2. The first-order valence-electron chi connectivity index (χ1n) is 4.49. The normalized spacial score (nSPS) is 8.60. The summed E-state index contributed by atoms with van der Waals surface area (Å²) >= 11 is 0. The molecule has 0 unspecified atom stereocenters. The lowest BCUT2D eigenvalue weighted by molar-refractivity contribution is 0.305. The van der Waals surface area contributed by atoms with Crippen molar-refractivity contribution < 1.29 is 9.84 Å². The summed E-state index contributed by atoms with van der Waals surface area (Å²) in [5.41, 5.74) is 1.14. The van der Waals surface area contributed by atoms with E-state index in [9.17, 15) is 0 Å². The maximum absolute atomic E-state index is 8.83. The van der Waals surface area contributed by atoms with E-state index in [0.717, 1.165) is 0 Å². The van der Waals surface area contributed by atoms with E-state index in [-0.39, 0.29) is 6.61 Å². The van der Waals surface area contributed by atoms with Crippen molar-refractivity contribution in [1.82, 2.24) is 0 Å². The average Bonchev–Trinajstić information content (AvgIpc) is 2.29. The number of hydrogen-bond acceptors (Lipinski definition) is 3. The van der Waals surface area contributed by atoms with E-state index in [1.165, 1.54) is 0 Å². The summed E-state index contributed by atoms with van der Waals surface area (Å²) in [7, 11) is 1.56. The van der Waals surface area contributed by atoms with E-state index in [1.54, 1.807) is 25.3 Å². The molecule has 76 valence electrons. The van der Waals surface area contributed by atoms with Crippen molar-refractivity contribution in [2.75, 3.05) is 13.7 Å². The van der Waals surface area contributed by atoms with Crippen molar-refractivity contribution in [1.29, 1.82) is 5.26 Å². The van der Waals surface area contributed by atoms with Crippen LogP contribution < -0.4 is 4.74 Å². The third kappa shape index (κ3) is 3.02. The van der Waals surface area contributed by atoms with E-state index in [1.807, 2.05) is 0 Å². The molecule has 1 rings (SSSR count). The zero-order chi connectivity index (χ0) is 11.1. The van der Waals surface area contributed by atoms with Gasteiger partial charge in [-0.2, -0.15) is 5.26 Å². The van der Waals surface area contributed by atoms with Crippen molar-refractivity contribution in [2.24, 2.45) is 0 Å². The van der Waals surface area contributed by atoms with Gasteiger partial charge in [0.05, 0.1) is 19.3 Å². The van der Waals surface area contributed by atoms with E-state index < -0.39 is 0 Å². The van der Waals surface area contributed by atoms with Crippen LogP contribution in [0.4, 0.5) is 0 Å². The van der Waals surface area contributed by atoms with Gasteiger partial charge in [-0.15, -0.1) is 0 Å². The van der Waals surface area contributed by atoms with Gasteiger partial charge in [0, 0.05) is 12.0 Å². The van der Waals surface area contributed by atoms with Crippen LogP contribution in [-0.4, -0.2) is 18.8 Å². The maximum atomic E-state index is 8.83. The Morgan fingerprint density at radius 3 is 2.80 bits per heavy atom. The number of nitriles is 1. The third-order valence-electron chi connectivity index (χ3n) is 1.81. The molecular weight excluding hydrogens is 190 g/mol. The molecule has 0 aliphatic rings. The van der Waals surface area contributed by atoms with Gasteiger partial charge < -0.3 is 9.84 Å². The molecule has 0 bridgehead atoms. The Kier molecular flexibility index (Phi) is 4.22. The minimum absolute atomic E-state index is 0.0266. The summed E-state index contributed by atoms with van der Waals surface area (Å²) in [5.74, 6) is 6.27. The lowest BCUT2D eigenvalue weighted by Crippen LogP contribution is -1.88. The van der Waals surface area contributed by atoms with Crippen molar-refractivity contribution in [3.8, 4) is 23.7 Å². The Labute approximate surface area is 88.9 Å². The second-order valence-corrected chi connectivity index (χ2v) is 2.80. The first-order chi connectivity index (χ1) is 7.31. The van der Waals surface area contributed by atoms with Gasteiger partial charge in [0.25, 0.3) is 0 Å². The van der Waals surface area contributed by atoms with Crippen molar-refractivity contribution in [2.45, 2.75) is 6.42 Å². The molecule has 1 N–H and O–H groups in total. The van der Waals surface area contributed by atoms with Crippen LogP contribution in [0.5, 0.6) is 5.75 Å². The van der Waals surface area contributed by atoms with Crippen molar-refractivity contribution >= 4 is 0 Å². The number of aliphatic hydroxyl groups is 1. The van der Waals surface area contributed by atoms with Crippen LogP contribution in [0, 0.1) is 23.2 Å². The van der Waals surface area contributed by atoms with Gasteiger partial charge in [0.1, 0.15) is 11.8 Å². The summed E-state index contributed by atoms with van der Waals surface area (Å²) < 4.78 is 5.03. The van der Waals surface area contributed by atoms with E-state index in [0.29, 0.717) is 23.3 Å². The van der Waals surface area contributed by atoms with Gasteiger partial charge in [-0.25, -0.2) is 0 Å². The van der Waals surface area contributed by atoms with Gasteiger partial charge in [-0.1, -0.05) is 11.8 Å². The number of hydrogen-bond donors (Lipinski definition) is 1. The summed E-state index contributed by atoms with van der Waals surface area (Å²) in [4.78, 5) is 0. The maximum Gasteiger partial charge on any atom is 0.120 e. The van der Waals surface area contributed by atoms with E-state index >= 15 is 0 Å². The highest BCUT2D eigenvalue weighted by atomic mass is 16.5. The molecule has 1 aromatic carbocycles. The molecule has 0 aromatic heterocycles. The number of nitrogens with zero attached hydrogens (tertiary/aromatic N) is 1. The summed E-state index contributed by atoms with van der Waals surface area (Å²) in [6, 6.07) is 7.15. The quantitative estimate of drug-likeness (QED) is 0.734. The Bertz CT molecular complexity index is 435. The van der Waals surface area contributed by atoms with Gasteiger partial charge in [-0.05, 0) is 18.2 Å². The van der Waals surface area contributed by atoms with Crippen LogP contribution in [0.25, 0.3) is 0 Å². The fourth-order valence-corrected chi connectivity index (χ4v) is 1.06. The number of aliphatic hydroxyl groups excluding tert-OH is 1. The lowest BCUT2D eigenvalue weighted by Gasteiger charge is -2.00. The topological polar surface area (TPSA) is 53.2 Å². The largest absolute Gasteiger partial charge is 0.497 e. The molecule has 0 atom stereocenters. The zero-order valence-electron chi connectivity index (χ0n) is 8.45. The van der Waals surface area contributed by atoms with Gasteiger partial charge in [0.15, 0.2) is 0 Å². The predicted octanol–water partition coefficient (Wildman–Crippen LogP) is 1.30. The van der Waals surface area contributed by atoms with Crippen molar-refractivity contribution in [3.63, 3.8) is 0 Å². The molecule has 3 nitrogen and oxygen atoms in total. The van der Waals surface area contributed by atoms with Gasteiger partial charge >= 0.3 is 0 Å². The van der Waals surface area contributed by atoms with Crippen molar-refractivity contribution in [3.05, 3.63) is 29.3 Å². The zero-order valence-corrected chi connectivity index (χ0v) is 8.45. The van der Waals surface area contributed by atoms with Crippen LogP contribution in [0.1, 0.15) is 17.5 Å². The van der Waals surface area contributed by atoms with Crippen LogP contribution in [-0.2, 0) is 0 Å². The minimum atomic E-state index is 0.0266. The number of ether oxygens (including phenoxy) is 1. The monoisotopic (exact) mass is 201 g/mol. The smallest absolute Gasteiger partial charge is 0.120 e. The van der Waals surface area contributed by atoms with E-state index in [2.05, 4.69) is 17.9 Å². The number of methoxy groups -OCH3 is 1. The van der Waals surface area contributed by atoms with E-state index in [4.69, 9.17) is 15.1 Å². The average molecular weight is 201 g/mol. The molecule has 0 saturated heterocycles. The molecule has 1 aromatic rings. The van der Waals surface area contributed by atoms with Gasteiger partial charge in [0.2, 0.25) is 0 Å². The molecule has 15 heavy (non-hydrogen) atoms. The highest BCUT2D eigenvalue weighted by Gasteiger charge is 2.00. The molecule has 0 fully saturated rings. The highest BCUT2D eigenvalue weighted by molar-refractivity contribution is 5.51. The summed E-state index contributed by atoms with van der Waals surface area (Å²) in [6.45, 7) is 0.0266. The Morgan fingerprint density at radius 2 is 2.20 bits per heavy atom. The molecule has 3 heteroatoms. The molecular formula is C12H11NO2. The Hall–Kier alpha value is -1.97. The molecule has 0 amide bonds.